The van der Waals surface area contributed by atoms with Crippen LogP contribution in [0.3, 0.4) is 0 Å². The molecule has 1 heterocycles. The first-order valence-electron chi connectivity index (χ1n) is 5.72. The Morgan fingerprint density at radius 3 is 2.94 bits per heavy atom. The number of rotatable bonds is 4. The summed E-state index contributed by atoms with van der Waals surface area (Å²) in [5.41, 5.74) is 7.84. The minimum Gasteiger partial charge on any atom is -0.460 e. The number of hydrogen-bond donors (Lipinski definition) is 1. The van der Waals surface area contributed by atoms with E-state index in [0.717, 1.165) is 17.5 Å². The van der Waals surface area contributed by atoms with Crippen LogP contribution in [0.4, 0.5) is 0 Å². The van der Waals surface area contributed by atoms with Crippen molar-refractivity contribution in [2.45, 2.75) is 25.0 Å². The quantitative estimate of drug-likeness (QED) is 0.803. The van der Waals surface area contributed by atoms with Crippen LogP contribution in [0.25, 0.3) is 0 Å². The summed E-state index contributed by atoms with van der Waals surface area (Å²) in [6.07, 6.45) is 0.502. The van der Waals surface area contributed by atoms with Gasteiger partial charge in [0.25, 0.3) is 6.47 Å². The van der Waals surface area contributed by atoms with Crippen LogP contribution in [0.2, 0.25) is 0 Å². The van der Waals surface area contributed by atoms with Crippen LogP contribution >= 0.6 is 0 Å². The first-order valence-corrected chi connectivity index (χ1v) is 5.72. The molecule has 4 heteroatoms. The Labute approximate surface area is 101 Å². The molecule has 0 amide bonds. The highest BCUT2D eigenvalue weighted by atomic mass is 16.5. The van der Waals surface area contributed by atoms with Crippen molar-refractivity contribution < 1.29 is 14.3 Å². The summed E-state index contributed by atoms with van der Waals surface area (Å²) in [6.45, 7) is 3.49. The lowest BCUT2D eigenvalue weighted by atomic mass is 9.85. The predicted octanol–water partition coefficient (Wildman–Crippen LogP) is 1.49. The zero-order valence-electron chi connectivity index (χ0n) is 9.89. The Kier molecular flexibility index (Phi) is 3.45. The van der Waals surface area contributed by atoms with Crippen molar-refractivity contribution in [2.24, 2.45) is 5.73 Å². The van der Waals surface area contributed by atoms with Crippen molar-refractivity contribution in [1.29, 1.82) is 0 Å². The van der Waals surface area contributed by atoms with Gasteiger partial charge < -0.3 is 15.2 Å². The number of benzene rings is 1. The van der Waals surface area contributed by atoms with Crippen molar-refractivity contribution in [1.82, 2.24) is 0 Å². The minimum atomic E-state index is -0.461. The second-order valence-corrected chi connectivity index (χ2v) is 4.42. The fourth-order valence-corrected chi connectivity index (χ4v) is 2.25. The van der Waals surface area contributed by atoms with Gasteiger partial charge >= 0.3 is 0 Å². The molecule has 0 aliphatic carbocycles. The Bertz CT molecular complexity index is 399. The van der Waals surface area contributed by atoms with Crippen molar-refractivity contribution in [3.8, 4) is 0 Å². The van der Waals surface area contributed by atoms with Gasteiger partial charge in [0.1, 0.15) is 6.10 Å². The van der Waals surface area contributed by atoms with E-state index in [2.05, 4.69) is 0 Å². The first-order chi connectivity index (χ1) is 8.17. The zero-order chi connectivity index (χ0) is 12.3. The number of nitrogens with two attached hydrogens (primary N) is 1. The standard InChI is InChI=1S/C13H17NO3/c1-10(17-9-15)11-4-2-3-5-12(11)13(14)6-7-16-8-13/h2-5,9-10H,6-8,14H2,1H3. The van der Waals surface area contributed by atoms with Gasteiger partial charge in [-0.25, -0.2) is 0 Å². The normalized spacial score (nSPS) is 25.5. The maximum Gasteiger partial charge on any atom is 0.293 e. The molecule has 92 valence electrons. The molecule has 4 nitrogen and oxygen atoms in total. The van der Waals surface area contributed by atoms with Crippen molar-refractivity contribution in [3.05, 3.63) is 35.4 Å². The van der Waals surface area contributed by atoms with E-state index < -0.39 is 5.54 Å². The van der Waals surface area contributed by atoms with E-state index in [-0.39, 0.29) is 6.10 Å². The summed E-state index contributed by atoms with van der Waals surface area (Å²) in [4.78, 5) is 10.4. The van der Waals surface area contributed by atoms with Crippen molar-refractivity contribution >= 4 is 6.47 Å². The molecular weight excluding hydrogens is 218 g/mol. The van der Waals surface area contributed by atoms with E-state index in [1.807, 2.05) is 31.2 Å². The zero-order valence-corrected chi connectivity index (χ0v) is 9.89. The maximum atomic E-state index is 10.4. The maximum absolute atomic E-state index is 10.4. The third-order valence-electron chi connectivity index (χ3n) is 3.25. The van der Waals surface area contributed by atoms with Gasteiger partial charge in [0.05, 0.1) is 12.1 Å². The highest BCUT2D eigenvalue weighted by Gasteiger charge is 2.35. The molecule has 0 bridgehead atoms. The van der Waals surface area contributed by atoms with Crippen molar-refractivity contribution in [3.63, 3.8) is 0 Å². The number of carbonyl (C=O) groups excluding carboxylic acids is 1. The van der Waals surface area contributed by atoms with Gasteiger partial charge in [-0.3, -0.25) is 4.79 Å². The third-order valence-corrected chi connectivity index (χ3v) is 3.25. The molecule has 1 aromatic rings. The van der Waals surface area contributed by atoms with Gasteiger partial charge in [-0.15, -0.1) is 0 Å². The molecule has 1 aliphatic rings. The van der Waals surface area contributed by atoms with Crippen LogP contribution in [0.15, 0.2) is 24.3 Å². The third kappa shape index (κ3) is 2.33. The molecule has 2 N–H and O–H groups in total. The van der Waals surface area contributed by atoms with E-state index in [1.165, 1.54) is 0 Å². The van der Waals surface area contributed by atoms with Gasteiger partial charge in [0.15, 0.2) is 0 Å². The van der Waals surface area contributed by atoms with E-state index in [0.29, 0.717) is 19.7 Å². The molecule has 0 saturated carbocycles. The molecule has 1 aromatic carbocycles. The average molecular weight is 235 g/mol. The van der Waals surface area contributed by atoms with E-state index in [9.17, 15) is 4.79 Å². The molecule has 0 spiro atoms. The largest absolute Gasteiger partial charge is 0.460 e. The highest BCUT2D eigenvalue weighted by molar-refractivity contribution is 5.41. The second-order valence-electron chi connectivity index (χ2n) is 4.42. The Balaban J connectivity index is 2.36. The molecule has 1 saturated heterocycles. The van der Waals surface area contributed by atoms with E-state index >= 15 is 0 Å². The summed E-state index contributed by atoms with van der Waals surface area (Å²) in [7, 11) is 0. The van der Waals surface area contributed by atoms with Crippen LogP contribution < -0.4 is 5.73 Å². The van der Waals surface area contributed by atoms with Gasteiger partial charge in [-0.05, 0) is 24.5 Å². The molecule has 2 atom stereocenters. The topological polar surface area (TPSA) is 61.5 Å². The molecular formula is C13H17NO3. The Hall–Kier alpha value is -1.39. The lowest BCUT2D eigenvalue weighted by Gasteiger charge is -2.27. The SMILES string of the molecule is CC(OC=O)c1ccccc1C1(N)CCOC1. The van der Waals surface area contributed by atoms with Gasteiger partial charge in [0.2, 0.25) is 0 Å². The number of hydrogen-bond acceptors (Lipinski definition) is 4. The van der Waals surface area contributed by atoms with Gasteiger partial charge in [-0.1, -0.05) is 24.3 Å². The van der Waals surface area contributed by atoms with Crippen LogP contribution in [0, 0.1) is 0 Å². The summed E-state index contributed by atoms with van der Waals surface area (Å²) in [5, 5.41) is 0. The predicted molar refractivity (Wildman–Crippen MR) is 63.3 cm³/mol. The monoisotopic (exact) mass is 235 g/mol. The molecule has 2 rings (SSSR count). The van der Waals surface area contributed by atoms with Crippen LogP contribution in [0.5, 0.6) is 0 Å². The Morgan fingerprint density at radius 2 is 2.29 bits per heavy atom. The summed E-state index contributed by atoms with van der Waals surface area (Å²) >= 11 is 0. The smallest absolute Gasteiger partial charge is 0.293 e. The summed E-state index contributed by atoms with van der Waals surface area (Å²) in [6, 6.07) is 7.78. The van der Waals surface area contributed by atoms with E-state index in [1.54, 1.807) is 0 Å². The number of ether oxygens (including phenoxy) is 2. The summed E-state index contributed by atoms with van der Waals surface area (Å²) in [5.74, 6) is 0. The first kappa shape index (κ1) is 12.1. The van der Waals surface area contributed by atoms with E-state index in [4.69, 9.17) is 15.2 Å². The van der Waals surface area contributed by atoms with Crippen molar-refractivity contribution in [2.75, 3.05) is 13.2 Å². The second kappa shape index (κ2) is 4.85. The molecule has 2 unspecified atom stereocenters. The molecule has 0 aromatic heterocycles. The molecule has 1 aliphatic heterocycles. The molecule has 1 fully saturated rings. The van der Waals surface area contributed by atoms with Gasteiger partial charge in [-0.2, -0.15) is 0 Å². The minimum absolute atomic E-state index is 0.287. The van der Waals surface area contributed by atoms with Crippen LogP contribution in [0.1, 0.15) is 30.6 Å². The summed E-state index contributed by atoms with van der Waals surface area (Å²) < 4.78 is 10.4. The Morgan fingerprint density at radius 1 is 1.53 bits per heavy atom. The fourth-order valence-electron chi connectivity index (χ4n) is 2.25. The average Bonchev–Trinajstić information content (AvgIpc) is 2.78. The van der Waals surface area contributed by atoms with Gasteiger partial charge in [0, 0.05) is 6.61 Å². The molecule has 0 radical (unpaired) electrons. The van der Waals surface area contributed by atoms with Crippen LogP contribution in [-0.4, -0.2) is 19.7 Å². The molecule has 17 heavy (non-hydrogen) atoms. The van der Waals surface area contributed by atoms with Crippen LogP contribution in [-0.2, 0) is 19.8 Å². The number of carbonyl (C=O) groups is 1. The highest BCUT2D eigenvalue weighted by Crippen LogP contribution is 2.33. The fraction of sp³-hybridized carbons (Fsp3) is 0.462. The lowest BCUT2D eigenvalue weighted by molar-refractivity contribution is -0.133. The lowest BCUT2D eigenvalue weighted by Crippen LogP contribution is -2.38.